The summed E-state index contributed by atoms with van der Waals surface area (Å²) >= 11 is 0. The average molecular weight is 421 g/mol. The highest BCUT2D eigenvalue weighted by Crippen LogP contribution is 2.63. The molecule has 4 heteroatoms. The number of nitrogens with zero attached hydrogens (tertiary/aromatic N) is 1. The summed E-state index contributed by atoms with van der Waals surface area (Å²) in [5, 5.41) is 3.44. The Hall–Kier alpha value is -2.10. The monoisotopic (exact) mass is 420 g/mol. The summed E-state index contributed by atoms with van der Waals surface area (Å²) < 4.78 is 0. The molecule has 3 fully saturated rings. The normalized spacial score (nSPS) is 41.3. The summed E-state index contributed by atoms with van der Waals surface area (Å²) in [6.45, 7) is 4.83. The summed E-state index contributed by atoms with van der Waals surface area (Å²) in [6.07, 6.45) is 11.5. The molecule has 1 aromatic carbocycles. The molecule has 0 radical (unpaired) electrons. The number of hydrogen-bond donors (Lipinski definition) is 1. The van der Waals surface area contributed by atoms with Gasteiger partial charge in [0.25, 0.3) is 0 Å². The lowest BCUT2D eigenvalue weighted by Gasteiger charge is -2.60. The van der Waals surface area contributed by atoms with E-state index in [1.807, 2.05) is 48.4 Å². The van der Waals surface area contributed by atoms with Gasteiger partial charge in [0.15, 0.2) is 0 Å². The number of benzene rings is 1. The van der Waals surface area contributed by atoms with Crippen molar-refractivity contribution >= 4 is 11.8 Å². The lowest BCUT2D eigenvalue weighted by atomic mass is 9.48. The van der Waals surface area contributed by atoms with Crippen LogP contribution in [0.2, 0.25) is 0 Å². The molecule has 4 nitrogen and oxygen atoms in total. The molecule has 0 bridgehead atoms. The molecule has 1 unspecified atom stereocenters. The van der Waals surface area contributed by atoms with Crippen LogP contribution in [0.4, 0.5) is 0 Å². The maximum Gasteiger partial charge on any atom is 0.246 e. The van der Waals surface area contributed by atoms with E-state index in [2.05, 4.69) is 25.2 Å². The third-order valence-electron chi connectivity index (χ3n) is 9.67. The summed E-state index contributed by atoms with van der Waals surface area (Å²) in [6, 6.07) is 10.7. The SMILES string of the molecule is CN1C(=O)C=C[C@]2(C)[C@H]3CC[C@]4(C)C(NC(=O)Cc5ccccc5)CC[C@H]4[C@@H]3CC[C@@H]12. The number of amides is 2. The number of likely N-dealkylation sites (N-methyl/N-ethyl adjacent to an activating group) is 1. The molecule has 31 heavy (non-hydrogen) atoms. The molecule has 3 aliphatic carbocycles. The first-order valence-electron chi connectivity index (χ1n) is 12.1. The molecule has 2 amide bonds. The third-order valence-corrected chi connectivity index (χ3v) is 9.67. The standard InChI is InChI=1S/C27H36N2O2/c1-26-15-13-21-19(9-12-23-27(21,2)16-14-25(31)29(23)3)20(26)10-11-22(26)28-24(30)17-18-7-5-4-6-8-18/h4-8,14,16,19-23H,9-13,15,17H2,1-3H3,(H,28,30)/t19-,20-,21-,22?,23+,26-,27+/m0/s1. The van der Waals surface area contributed by atoms with E-state index in [1.54, 1.807) is 0 Å². The van der Waals surface area contributed by atoms with E-state index in [9.17, 15) is 9.59 Å². The van der Waals surface area contributed by atoms with Crippen LogP contribution in [0.15, 0.2) is 42.5 Å². The Morgan fingerprint density at radius 3 is 2.61 bits per heavy atom. The van der Waals surface area contributed by atoms with Crippen molar-refractivity contribution in [3.05, 3.63) is 48.0 Å². The molecule has 1 aromatic rings. The van der Waals surface area contributed by atoms with Crippen molar-refractivity contribution in [3.63, 3.8) is 0 Å². The molecule has 0 aromatic heterocycles. The third kappa shape index (κ3) is 3.25. The first kappa shape index (κ1) is 20.8. The molecule has 4 aliphatic rings. The molecule has 5 rings (SSSR count). The van der Waals surface area contributed by atoms with Crippen LogP contribution in [0.25, 0.3) is 0 Å². The first-order chi connectivity index (χ1) is 14.8. The van der Waals surface area contributed by atoms with Crippen molar-refractivity contribution in [3.8, 4) is 0 Å². The minimum atomic E-state index is 0.0849. The molecule has 3 saturated carbocycles. The van der Waals surface area contributed by atoms with Gasteiger partial charge < -0.3 is 10.2 Å². The van der Waals surface area contributed by atoms with E-state index < -0.39 is 0 Å². The summed E-state index contributed by atoms with van der Waals surface area (Å²) in [5.74, 6) is 2.31. The minimum Gasteiger partial charge on any atom is -0.353 e. The molecule has 1 aliphatic heterocycles. The molecule has 1 N–H and O–H groups in total. The van der Waals surface area contributed by atoms with Crippen LogP contribution in [0.5, 0.6) is 0 Å². The summed E-state index contributed by atoms with van der Waals surface area (Å²) in [4.78, 5) is 27.1. The second-order valence-electron chi connectivity index (χ2n) is 11.0. The van der Waals surface area contributed by atoms with Gasteiger partial charge in [0, 0.05) is 24.5 Å². The van der Waals surface area contributed by atoms with E-state index in [-0.39, 0.29) is 28.7 Å². The van der Waals surface area contributed by atoms with Gasteiger partial charge in [-0.1, -0.05) is 50.3 Å². The lowest BCUT2D eigenvalue weighted by Crippen LogP contribution is -2.60. The molecular formula is C27H36N2O2. The zero-order valence-electron chi connectivity index (χ0n) is 19.1. The number of rotatable bonds is 3. The lowest BCUT2D eigenvalue weighted by molar-refractivity contribution is -0.138. The molecule has 1 heterocycles. The highest BCUT2D eigenvalue weighted by Gasteiger charge is 2.60. The topological polar surface area (TPSA) is 49.4 Å². The van der Waals surface area contributed by atoms with Crippen LogP contribution in [0.1, 0.15) is 57.9 Å². The number of hydrogen-bond acceptors (Lipinski definition) is 2. The Labute approximate surface area is 186 Å². The quantitative estimate of drug-likeness (QED) is 0.790. The van der Waals surface area contributed by atoms with Gasteiger partial charge in [-0.3, -0.25) is 9.59 Å². The number of nitrogens with one attached hydrogen (secondary N) is 1. The number of carbonyl (C=O) groups is 2. The molecule has 0 saturated heterocycles. The maximum absolute atomic E-state index is 12.8. The minimum absolute atomic E-state index is 0.0849. The Balaban J connectivity index is 1.32. The van der Waals surface area contributed by atoms with Crippen LogP contribution < -0.4 is 5.32 Å². The van der Waals surface area contributed by atoms with Gasteiger partial charge >= 0.3 is 0 Å². The predicted molar refractivity (Wildman–Crippen MR) is 122 cm³/mol. The zero-order valence-corrected chi connectivity index (χ0v) is 19.1. The van der Waals surface area contributed by atoms with Crippen molar-refractivity contribution in [2.45, 2.75) is 70.9 Å². The van der Waals surface area contributed by atoms with Crippen molar-refractivity contribution in [1.82, 2.24) is 10.2 Å². The van der Waals surface area contributed by atoms with Gasteiger partial charge in [-0.25, -0.2) is 0 Å². The average Bonchev–Trinajstić information content (AvgIpc) is 3.08. The van der Waals surface area contributed by atoms with Crippen LogP contribution >= 0.6 is 0 Å². The zero-order chi connectivity index (χ0) is 21.8. The fourth-order valence-corrected chi connectivity index (χ4v) is 8.00. The predicted octanol–water partition coefficient (Wildman–Crippen LogP) is 4.35. The van der Waals surface area contributed by atoms with E-state index in [0.717, 1.165) is 18.4 Å². The van der Waals surface area contributed by atoms with Crippen molar-refractivity contribution in [2.24, 2.45) is 28.6 Å². The van der Waals surface area contributed by atoms with E-state index in [1.165, 1.54) is 25.7 Å². The van der Waals surface area contributed by atoms with Gasteiger partial charge in [0.2, 0.25) is 11.8 Å². The van der Waals surface area contributed by atoms with Crippen molar-refractivity contribution in [2.75, 3.05) is 7.05 Å². The van der Waals surface area contributed by atoms with E-state index >= 15 is 0 Å². The number of fused-ring (bicyclic) bond motifs is 5. The number of carbonyl (C=O) groups excluding carboxylic acids is 2. The molecule has 7 atom stereocenters. The smallest absolute Gasteiger partial charge is 0.246 e. The second-order valence-corrected chi connectivity index (χ2v) is 11.0. The van der Waals surface area contributed by atoms with E-state index in [0.29, 0.717) is 30.2 Å². The van der Waals surface area contributed by atoms with Crippen molar-refractivity contribution < 1.29 is 9.59 Å². The summed E-state index contributed by atoms with van der Waals surface area (Å²) in [7, 11) is 1.98. The molecule has 0 spiro atoms. The van der Waals surface area contributed by atoms with Gasteiger partial charge in [0.1, 0.15) is 0 Å². The fraction of sp³-hybridized carbons (Fsp3) is 0.630. The Morgan fingerprint density at radius 2 is 1.84 bits per heavy atom. The van der Waals surface area contributed by atoms with Gasteiger partial charge in [-0.2, -0.15) is 0 Å². The highest BCUT2D eigenvalue weighted by atomic mass is 16.2. The second kappa shape index (κ2) is 7.50. The van der Waals surface area contributed by atoms with Gasteiger partial charge in [-0.15, -0.1) is 0 Å². The summed E-state index contributed by atoms with van der Waals surface area (Å²) in [5.41, 5.74) is 1.36. The highest BCUT2D eigenvalue weighted by molar-refractivity contribution is 5.89. The van der Waals surface area contributed by atoms with Crippen LogP contribution in [-0.4, -0.2) is 35.8 Å². The maximum atomic E-state index is 12.8. The largest absolute Gasteiger partial charge is 0.353 e. The molecular weight excluding hydrogens is 384 g/mol. The van der Waals surface area contributed by atoms with Crippen molar-refractivity contribution in [1.29, 1.82) is 0 Å². The van der Waals surface area contributed by atoms with Crippen LogP contribution in [0, 0.1) is 28.6 Å². The van der Waals surface area contributed by atoms with E-state index in [4.69, 9.17) is 0 Å². The Kier molecular flexibility index (Phi) is 5.02. The Bertz CT molecular complexity index is 896. The van der Waals surface area contributed by atoms with Gasteiger partial charge in [0.05, 0.1) is 6.42 Å². The first-order valence-corrected chi connectivity index (χ1v) is 12.1. The fourth-order valence-electron chi connectivity index (χ4n) is 8.00. The Morgan fingerprint density at radius 1 is 1.06 bits per heavy atom. The van der Waals surface area contributed by atoms with Crippen LogP contribution in [0.3, 0.4) is 0 Å². The van der Waals surface area contributed by atoms with Gasteiger partial charge in [-0.05, 0) is 73.3 Å². The van der Waals surface area contributed by atoms with Crippen LogP contribution in [-0.2, 0) is 16.0 Å². The molecule has 166 valence electrons.